The van der Waals surface area contributed by atoms with E-state index < -0.39 is 192 Å². The Labute approximate surface area is 599 Å². The Bertz CT molecular complexity index is 2980. The van der Waals surface area contributed by atoms with Crippen molar-refractivity contribution in [1.82, 2.24) is 58.5 Å². The Hall–Kier alpha value is -9.32. The van der Waals surface area contributed by atoms with Crippen LogP contribution in [0.3, 0.4) is 0 Å². The van der Waals surface area contributed by atoms with E-state index in [1.165, 1.54) is 32.5 Å². The van der Waals surface area contributed by atoms with Crippen molar-refractivity contribution in [2.45, 2.75) is 250 Å². The molecule has 0 fully saturated rings. The number of guanidine groups is 2. The number of carboxylic acids is 2. The first-order valence-corrected chi connectivity index (χ1v) is 35.7. The fraction of sp³-hybridized carbons (Fsp3) is 0.708. The van der Waals surface area contributed by atoms with Crippen LogP contribution in [0.5, 0.6) is 0 Å². The van der Waals surface area contributed by atoms with Gasteiger partial charge in [-0.25, -0.2) is 0 Å². The van der Waals surface area contributed by atoms with Gasteiger partial charge >= 0.3 is 11.9 Å². The number of carbonyl (C=O) groups is 15. The summed E-state index contributed by atoms with van der Waals surface area (Å²) in [4.78, 5) is 214. The van der Waals surface area contributed by atoms with Gasteiger partial charge in [0.2, 0.25) is 76.8 Å². The molecule has 0 saturated heterocycles. The van der Waals surface area contributed by atoms with Crippen molar-refractivity contribution in [1.29, 1.82) is 0 Å². The molecule has 13 amide bonds. The molecule has 0 spiro atoms. The lowest BCUT2D eigenvalue weighted by Gasteiger charge is -2.35. The van der Waals surface area contributed by atoms with E-state index in [-0.39, 0.29) is 120 Å². The first-order chi connectivity index (χ1) is 47.7. The van der Waals surface area contributed by atoms with Gasteiger partial charge in [0, 0.05) is 32.9 Å². The van der Waals surface area contributed by atoms with Gasteiger partial charge < -0.3 is 103 Å². The predicted octanol–water partition coefficient (Wildman–Crippen LogP) is -2.88. The number of aliphatic carboxylic acids is 2. The molecule has 576 valence electrons. The normalized spacial score (nSPS) is 20.7. The van der Waals surface area contributed by atoms with Gasteiger partial charge in [0.15, 0.2) is 11.9 Å². The zero-order valence-electron chi connectivity index (χ0n) is 60.4. The van der Waals surface area contributed by atoms with Crippen LogP contribution in [0.2, 0.25) is 0 Å². The molecule has 0 aromatic carbocycles. The number of nitrogens with one attached hydrogen (secondary N) is 11. The molecule has 0 unspecified atom stereocenters. The van der Waals surface area contributed by atoms with Crippen LogP contribution in [-0.2, 0) is 71.9 Å². The second-order valence-electron chi connectivity index (χ2n) is 26.8. The number of hydrogen-bond acceptors (Lipinski definition) is 18. The number of amides is 13. The van der Waals surface area contributed by atoms with Crippen LogP contribution in [0, 0.1) is 17.8 Å². The number of carboxylic acid groups (broad SMARTS) is 2. The average molecular weight is 1460 g/mol. The van der Waals surface area contributed by atoms with Crippen LogP contribution in [0.25, 0.3) is 0 Å². The molecule has 0 aromatic rings. The van der Waals surface area contributed by atoms with E-state index in [9.17, 15) is 77.3 Å². The average Bonchev–Trinajstić information content (AvgIpc) is 0.848. The summed E-state index contributed by atoms with van der Waals surface area (Å²) in [7, 11) is 0. The quantitative estimate of drug-likeness (QED) is 0.0127. The molecule has 1 rings (SSSR count). The number of nitrogens with two attached hydrogens (primary N) is 6. The van der Waals surface area contributed by atoms with E-state index >= 15 is 4.79 Å². The zero-order valence-corrected chi connectivity index (χ0v) is 61.2. The van der Waals surface area contributed by atoms with Gasteiger partial charge in [0.25, 0.3) is 0 Å². The summed E-state index contributed by atoms with van der Waals surface area (Å²) >= 11 is 1.40. The monoisotopic (exact) mass is 1460 g/mol. The molecule has 1 heterocycles. The summed E-state index contributed by atoms with van der Waals surface area (Å²) in [6, 6.07) is -13.6. The number of allylic oxidation sites excluding steroid dienone is 2. The molecule has 12 atom stereocenters. The number of aliphatic imine (C=N–C) groups is 2. The van der Waals surface area contributed by atoms with Crippen molar-refractivity contribution < 1.29 is 82.1 Å². The number of hydrogen-bond donors (Lipinski definition) is 19. The van der Waals surface area contributed by atoms with E-state index in [2.05, 4.69) is 68.5 Å². The highest BCUT2D eigenvalue weighted by Gasteiger charge is 2.43. The van der Waals surface area contributed by atoms with E-state index in [0.717, 1.165) is 0 Å². The lowest BCUT2D eigenvalue weighted by atomic mass is 9.90. The van der Waals surface area contributed by atoms with Crippen molar-refractivity contribution in [2.75, 3.05) is 25.1 Å². The molecule has 0 saturated carbocycles. The third-order valence-corrected chi connectivity index (χ3v) is 17.2. The molecular formula is C65H113N19O17S. The van der Waals surface area contributed by atoms with E-state index in [1.54, 1.807) is 60.0 Å². The number of primary amides is 2. The molecular weight excluding hydrogens is 1350 g/mol. The Morgan fingerprint density at radius 3 is 1.55 bits per heavy atom. The number of thioether (sulfide) groups is 1. The topological polar surface area (TPSA) is 610 Å². The lowest BCUT2D eigenvalue weighted by Crippen LogP contribution is -2.65. The van der Waals surface area contributed by atoms with Crippen LogP contribution in [-0.4, -0.2) is 201 Å². The van der Waals surface area contributed by atoms with Gasteiger partial charge in [-0.05, 0) is 140 Å². The Morgan fingerprint density at radius 2 is 1.06 bits per heavy atom. The standard InChI is InChI=1S/C65H113N19O17S/c1-11-37(6)50-59(99)84-65(9,28-17-15-13-12-14-16-27-64(8,83-38(7)85)60(100)80-42(22-24-48(87)88)53(93)75-41(55(95)82-50)21-19-30-73-63(70)71)61(101)81-43(23-25-49(89)90)54(94)77-45(33-36(4)5)57(97)76-40(20-18-29-72-62(68)69)52(92)79-46(34-47(66)86)58(98)78-44(32-35(2)3)56(96)74-39(51(67)91)26-31-102-10/h12-13,35-37,39-46,50H,11,14-34H2,1-10H3,(H2,66,86)(H2,67,91)(H,74,96)(H,75,93)(H,76,97)(H,77,94)(H,78,98)(H,79,92)(H,80,100)(H,81,101)(H,82,95)(H,83,85)(H,84,99)(H,87,88)(H,89,90)(H4,68,69,72)(H4,70,71,73)/t37-,39-,40-,41-,42-,43-,44-,45-,46-,50-,64-,65-/m0/s1. The van der Waals surface area contributed by atoms with Gasteiger partial charge in [-0.15, -0.1) is 0 Å². The summed E-state index contributed by atoms with van der Waals surface area (Å²) < 4.78 is 0. The highest BCUT2D eigenvalue weighted by Crippen LogP contribution is 2.22. The SMILES string of the molecule is CC[C@H](C)[C@@H]1NC(=O)[C@H](CCCN=C(N)N)NC(=O)[C@H](CCC(=O)O)NC(=O)[C@@](C)(NC(C)=O)CCCC=CCCC[C@@](C)(C(=O)N[C@@H](CCC(=O)O)C(=O)N[C@@H](CC(C)C)C(=O)N[C@@H](CCCN=C(N)N)C(=O)N[C@@H](CC(N)=O)C(=O)N[C@@H](CC(C)C)C(=O)N[C@@H](CCSC)C(N)=O)NC1=O. The van der Waals surface area contributed by atoms with Crippen LogP contribution in [0.1, 0.15) is 184 Å². The first kappa shape index (κ1) is 90.7. The van der Waals surface area contributed by atoms with Crippen molar-refractivity contribution in [3.63, 3.8) is 0 Å². The molecule has 36 nitrogen and oxygen atoms in total. The minimum absolute atomic E-state index is 0.0118. The molecule has 0 aliphatic carbocycles. The first-order valence-electron chi connectivity index (χ1n) is 34.3. The van der Waals surface area contributed by atoms with Gasteiger partial charge in [-0.2, -0.15) is 11.8 Å². The predicted molar refractivity (Wildman–Crippen MR) is 381 cm³/mol. The van der Waals surface area contributed by atoms with E-state index in [0.29, 0.717) is 12.2 Å². The van der Waals surface area contributed by atoms with Crippen molar-refractivity contribution in [3.05, 3.63) is 12.2 Å². The van der Waals surface area contributed by atoms with Gasteiger partial charge in [-0.1, -0.05) is 60.1 Å². The Balaban J connectivity index is 4.03. The molecule has 0 aromatic heterocycles. The second kappa shape index (κ2) is 46.2. The summed E-state index contributed by atoms with van der Waals surface area (Å²) in [5, 5.41) is 48.1. The lowest BCUT2D eigenvalue weighted by molar-refractivity contribution is -0.140. The maximum absolute atomic E-state index is 15.1. The van der Waals surface area contributed by atoms with Crippen molar-refractivity contribution in [3.8, 4) is 0 Å². The van der Waals surface area contributed by atoms with Gasteiger partial charge in [0.05, 0.1) is 6.42 Å². The Morgan fingerprint density at radius 1 is 0.588 bits per heavy atom. The maximum Gasteiger partial charge on any atom is 0.303 e. The molecule has 0 radical (unpaired) electrons. The summed E-state index contributed by atoms with van der Waals surface area (Å²) in [6.07, 6.45) is 3.04. The molecule has 1 aliphatic heterocycles. The highest BCUT2D eigenvalue weighted by molar-refractivity contribution is 7.98. The minimum atomic E-state index is -1.99. The van der Waals surface area contributed by atoms with Crippen LogP contribution in [0.4, 0.5) is 0 Å². The van der Waals surface area contributed by atoms with Gasteiger partial charge in [-0.3, -0.25) is 81.9 Å². The van der Waals surface area contributed by atoms with Crippen molar-refractivity contribution in [2.24, 2.45) is 62.1 Å². The second-order valence-corrected chi connectivity index (χ2v) is 27.7. The van der Waals surface area contributed by atoms with Crippen LogP contribution in [0.15, 0.2) is 22.1 Å². The van der Waals surface area contributed by atoms with E-state index in [4.69, 9.17) is 34.4 Å². The fourth-order valence-electron chi connectivity index (χ4n) is 10.8. The Kier molecular flexibility index (Phi) is 41.1. The van der Waals surface area contributed by atoms with Gasteiger partial charge in [0.1, 0.15) is 65.5 Å². The minimum Gasteiger partial charge on any atom is -0.481 e. The maximum atomic E-state index is 15.1. The number of nitrogens with zero attached hydrogens (tertiary/aromatic N) is 2. The summed E-state index contributed by atoms with van der Waals surface area (Å²) in [6.45, 7) is 14.1. The number of rotatable bonds is 39. The molecule has 37 heteroatoms. The number of carbonyl (C=O) groups excluding carboxylic acids is 13. The molecule has 1 aliphatic rings. The van der Waals surface area contributed by atoms with Crippen LogP contribution < -0.4 is 92.9 Å². The van der Waals surface area contributed by atoms with Crippen LogP contribution >= 0.6 is 11.8 Å². The smallest absolute Gasteiger partial charge is 0.303 e. The summed E-state index contributed by atoms with van der Waals surface area (Å²) in [5.74, 6) is -16.3. The molecule has 102 heavy (non-hydrogen) atoms. The van der Waals surface area contributed by atoms with E-state index in [1.807, 2.05) is 0 Å². The fourth-order valence-corrected chi connectivity index (χ4v) is 11.2. The molecule has 25 N–H and O–H groups in total. The summed E-state index contributed by atoms with van der Waals surface area (Å²) in [5.41, 5.74) is 29.7. The molecule has 0 bridgehead atoms. The largest absolute Gasteiger partial charge is 0.481 e. The zero-order chi connectivity index (χ0) is 77.6. The third-order valence-electron chi connectivity index (χ3n) is 16.6. The van der Waals surface area contributed by atoms with Crippen molar-refractivity contribution >= 4 is 112 Å². The third kappa shape index (κ3) is 35.3. The highest BCUT2D eigenvalue weighted by atomic mass is 32.2.